The van der Waals surface area contributed by atoms with Gasteiger partial charge in [-0.1, -0.05) is 76.4 Å². The average molecular weight is 359 g/mol. The Labute approximate surface area is 132 Å². The molecule has 0 radical (unpaired) electrons. The smallest absolute Gasteiger partial charge is 0.0724 e. The van der Waals surface area contributed by atoms with E-state index in [4.69, 9.17) is 23.2 Å². The largest absolute Gasteiger partial charge is 0.376 e. The van der Waals surface area contributed by atoms with E-state index < -0.39 is 0 Å². The van der Waals surface area contributed by atoms with E-state index in [-0.39, 0.29) is 6.04 Å². The lowest BCUT2D eigenvalue weighted by Gasteiger charge is -2.20. The maximum absolute atomic E-state index is 6.25. The molecule has 0 aliphatic heterocycles. The highest BCUT2D eigenvalue weighted by atomic mass is 79.9. The summed E-state index contributed by atoms with van der Waals surface area (Å²) >= 11 is 15.9. The van der Waals surface area contributed by atoms with Crippen LogP contribution in [0.25, 0.3) is 0 Å². The maximum Gasteiger partial charge on any atom is 0.0724 e. The molecule has 0 fully saturated rings. The second kappa shape index (κ2) is 6.65. The molecule has 0 aliphatic rings. The van der Waals surface area contributed by atoms with E-state index in [0.29, 0.717) is 10.0 Å². The van der Waals surface area contributed by atoms with Crippen molar-refractivity contribution in [1.82, 2.24) is 0 Å². The third kappa shape index (κ3) is 3.65. The van der Waals surface area contributed by atoms with Gasteiger partial charge in [-0.15, -0.1) is 0 Å². The summed E-state index contributed by atoms with van der Waals surface area (Å²) in [4.78, 5) is 0. The van der Waals surface area contributed by atoms with E-state index in [1.54, 1.807) is 0 Å². The second-order valence-corrected chi connectivity index (χ2v) is 5.99. The summed E-state index contributed by atoms with van der Waals surface area (Å²) < 4.78 is 0.876. The fourth-order valence-electron chi connectivity index (χ4n) is 1.96. The first-order valence-corrected chi connectivity index (χ1v) is 7.62. The van der Waals surface area contributed by atoms with Gasteiger partial charge in [0.05, 0.1) is 21.8 Å². The van der Waals surface area contributed by atoms with E-state index in [0.717, 1.165) is 16.6 Å². The Bertz CT molecular complexity index is 534. The van der Waals surface area contributed by atoms with E-state index >= 15 is 0 Å². The van der Waals surface area contributed by atoms with Crippen LogP contribution < -0.4 is 5.32 Å². The minimum absolute atomic E-state index is 0.192. The molecule has 0 spiro atoms. The molecule has 4 heteroatoms. The van der Waals surface area contributed by atoms with Gasteiger partial charge in [0.2, 0.25) is 0 Å². The first-order valence-electron chi connectivity index (χ1n) is 6.08. The van der Waals surface area contributed by atoms with Crippen molar-refractivity contribution in [3.63, 3.8) is 0 Å². The molecule has 100 valence electrons. The number of rotatable bonds is 4. The van der Waals surface area contributed by atoms with Crippen LogP contribution in [0.15, 0.2) is 46.9 Å². The Kier molecular flexibility index (Phi) is 5.14. The molecule has 0 saturated heterocycles. The summed E-state index contributed by atoms with van der Waals surface area (Å²) in [5.74, 6) is 0. The van der Waals surface area contributed by atoms with Crippen LogP contribution in [0.5, 0.6) is 0 Å². The molecular formula is C15H14BrCl2N. The van der Waals surface area contributed by atoms with Gasteiger partial charge in [0.25, 0.3) is 0 Å². The minimum atomic E-state index is 0.192. The maximum atomic E-state index is 6.25. The predicted molar refractivity (Wildman–Crippen MR) is 87.3 cm³/mol. The molecule has 2 rings (SSSR count). The molecular weight excluding hydrogens is 345 g/mol. The van der Waals surface area contributed by atoms with E-state index in [1.807, 2.05) is 30.3 Å². The Morgan fingerprint density at radius 1 is 1.11 bits per heavy atom. The van der Waals surface area contributed by atoms with Crippen molar-refractivity contribution in [3.8, 4) is 0 Å². The van der Waals surface area contributed by atoms with Crippen LogP contribution in [0.3, 0.4) is 0 Å². The zero-order chi connectivity index (χ0) is 13.8. The Balaban J connectivity index is 2.29. The molecule has 0 aromatic heterocycles. The fraction of sp³-hybridized carbons (Fsp3) is 0.200. The number of halogens is 3. The summed E-state index contributed by atoms with van der Waals surface area (Å²) in [6.07, 6.45) is 0.951. The molecule has 0 aliphatic carbocycles. The second-order valence-electron chi connectivity index (χ2n) is 4.26. The molecule has 1 atom stereocenters. The Hall–Kier alpha value is -0.700. The van der Waals surface area contributed by atoms with E-state index in [2.05, 4.69) is 40.3 Å². The zero-order valence-corrected chi connectivity index (χ0v) is 13.6. The SMILES string of the molecule is CCC(Nc1c(Cl)cc(Br)cc1Cl)c1ccccc1. The topological polar surface area (TPSA) is 12.0 Å². The third-order valence-corrected chi connectivity index (χ3v) is 3.99. The highest BCUT2D eigenvalue weighted by molar-refractivity contribution is 9.10. The van der Waals surface area contributed by atoms with Crippen molar-refractivity contribution >= 4 is 44.8 Å². The summed E-state index contributed by atoms with van der Waals surface area (Å²) in [6.45, 7) is 2.13. The van der Waals surface area contributed by atoms with Crippen molar-refractivity contribution in [2.45, 2.75) is 19.4 Å². The van der Waals surface area contributed by atoms with Crippen molar-refractivity contribution in [2.75, 3.05) is 5.32 Å². The van der Waals surface area contributed by atoms with Gasteiger partial charge in [0, 0.05) is 4.47 Å². The van der Waals surface area contributed by atoms with Crippen LogP contribution in [0.4, 0.5) is 5.69 Å². The third-order valence-electron chi connectivity index (χ3n) is 2.94. The standard InChI is InChI=1S/C15H14BrCl2N/c1-2-14(10-6-4-3-5-7-10)19-15-12(17)8-11(16)9-13(15)18/h3-9,14,19H,2H2,1H3. The van der Waals surface area contributed by atoms with Crippen LogP contribution in [-0.4, -0.2) is 0 Å². The van der Waals surface area contributed by atoms with Crippen molar-refractivity contribution in [1.29, 1.82) is 0 Å². The van der Waals surface area contributed by atoms with Gasteiger partial charge in [0.15, 0.2) is 0 Å². The van der Waals surface area contributed by atoms with Gasteiger partial charge < -0.3 is 5.32 Å². The first-order chi connectivity index (χ1) is 9.11. The number of hydrogen-bond acceptors (Lipinski definition) is 1. The summed E-state index contributed by atoms with van der Waals surface area (Å²) in [7, 11) is 0. The summed E-state index contributed by atoms with van der Waals surface area (Å²) in [5, 5.41) is 4.66. The molecule has 2 aromatic rings. The van der Waals surface area contributed by atoms with E-state index in [9.17, 15) is 0 Å². The number of anilines is 1. The monoisotopic (exact) mass is 357 g/mol. The predicted octanol–water partition coefficient (Wildman–Crippen LogP) is 6.32. The van der Waals surface area contributed by atoms with Crippen molar-refractivity contribution in [3.05, 3.63) is 62.5 Å². The quantitative estimate of drug-likeness (QED) is 0.674. The van der Waals surface area contributed by atoms with E-state index in [1.165, 1.54) is 5.56 Å². The lowest BCUT2D eigenvalue weighted by Crippen LogP contribution is -2.10. The Morgan fingerprint density at radius 2 is 1.68 bits per heavy atom. The molecule has 0 bridgehead atoms. The number of benzene rings is 2. The summed E-state index contributed by atoms with van der Waals surface area (Å²) in [6, 6.07) is 14.1. The lowest BCUT2D eigenvalue weighted by atomic mass is 10.0. The normalized spacial score (nSPS) is 12.2. The van der Waals surface area contributed by atoms with Gasteiger partial charge in [0.1, 0.15) is 0 Å². The van der Waals surface area contributed by atoms with Crippen LogP contribution in [0.1, 0.15) is 24.9 Å². The van der Waals surface area contributed by atoms with Gasteiger partial charge in [-0.2, -0.15) is 0 Å². The van der Waals surface area contributed by atoms with Gasteiger partial charge in [-0.25, -0.2) is 0 Å². The first kappa shape index (κ1) is 14.7. The average Bonchev–Trinajstić information content (AvgIpc) is 2.39. The highest BCUT2D eigenvalue weighted by Gasteiger charge is 2.13. The summed E-state index contributed by atoms with van der Waals surface area (Å²) in [5.41, 5.74) is 2.00. The highest BCUT2D eigenvalue weighted by Crippen LogP contribution is 2.36. The van der Waals surface area contributed by atoms with Crippen LogP contribution in [0, 0.1) is 0 Å². The Morgan fingerprint density at radius 3 is 2.21 bits per heavy atom. The molecule has 1 N–H and O–H groups in total. The van der Waals surface area contributed by atoms with Gasteiger partial charge in [-0.05, 0) is 24.1 Å². The van der Waals surface area contributed by atoms with Crippen molar-refractivity contribution < 1.29 is 0 Å². The molecule has 0 heterocycles. The van der Waals surface area contributed by atoms with Gasteiger partial charge in [-0.3, -0.25) is 0 Å². The molecule has 1 nitrogen and oxygen atoms in total. The van der Waals surface area contributed by atoms with Crippen LogP contribution in [-0.2, 0) is 0 Å². The van der Waals surface area contributed by atoms with Crippen LogP contribution in [0.2, 0.25) is 10.0 Å². The molecule has 19 heavy (non-hydrogen) atoms. The molecule has 0 amide bonds. The molecule has 1 unspecified atom stereocenters. The zero-order valence-electron chi connectivity index (χ0n) is 10.5. The molecule has 0 saturated carbocycles. The number of nitrogens with one attached hydrogen (secondary N) is 1. The lowest BCUT2D eigenvalue weighted by molar-refractivity contribution is 0.749. The fourth-order valence-corrected chi connectivity index (χ4v) is 3.28. The molecule has 2 aromatic carbocycles. The van der Waals surface area contributed by atoms with Crippen molar-refractivity contribution in [2.24, 2.45) is 0 Å². The minimum Gasteiger partial charge on any atom is -0.376 e. The number of hydrogen-bond donors (Lipinski definition) is 1. The van der Waals surface area contributed by atoms with Gasteiger partial charge >= 0.3 is 0 Å². The van der Waals surface area contributed by atoms with Crippen LogP contribution >= 0.6 is 39.1 Å².